The number of carbonyl (C=O) groups is 1. The van der Waals surface area contributed by atoms with E-state index in [-0.39, 0.29) is 5.56 Å². The molecule has 0 spiro atoms. The molecule has 0 radical (unpaired) electrons. The first-order valence-corrected chi connectivity index (χ1v) is 6.53. The van der Waals surface area contributed by atoms with Crippen LogP contribution in [0.5, 0.6) is 0 Å². The van der Waals surface area contributed by atoms with Gasteiger partial charge in [-0.1, -0.05) is 11.6 Å². The van der Waals surface area contributed by atoms with Gasteiger partial charge in [-0.3, -0.25) is 4.79 Å². The van der Waals surface area contributed by atoms with Gasteiger partial charge in [-0.25, -0.2) is 9.37 Å². The van der Waals surface area contributed by atoms with Crippen molar-refractivity contribution in [3.8, 4) is 0 Å². The zero-order valence-electron chi connectivity index (χ0n) is 9.88. The molecule has 2 rings (SSSR count). The molecule has 98 valence electrons. The second-order valence-corrected chi connectivity index (χ2v) is 5.25. The highest BCUT2D eigenvalue weighted by Crippen LogP contribution is 2.19. The number of nitrogens with zero attached hydrogens (tertiary/aromatic N) is 1. The molecule has 2 aromatic rings. The summed E-state index contributed by atoms with van der Waals surface area (Å²) in [5.74, 6) is -0.831. The Hall–Kier alpha value is -1.46. The minimum Gasteiger partial charge on any atom is -0.306 e. The molecule has 0 atom stereocenters. The molecule has 0 aliphatic rings. The second-order valence-electron chi connectivity index (χ2n) is 3.90. The van der Waals surface area contributed by atoms with Gasteiger partial charge in [-0.05, 0) is 52.7 Å². The van der Waals surface area contributed by atoms with E-state index in [0.717, 1.165) is 16.1 Å². The van der Waals surface area contributed by atoms with Gasteiger partial charge in [-0.2, -0.15) is 0 Å². The fourth-order valence-corrected chi connectivity index (χ4v) is 2.14. The Morgan fingerprint density at radius 1 is 1.42 bits per heavy atom. The molecule has 1 heterocycles. The van der Waals surface area contributed by atoms with Crippen molar-refractivity contribution in [2.45, 2.75) is 6.92 Å². The molecule has 0 aliphatic heterocycles. The summed E-state index contributed by atoms with van der Waals surface area (Å²) >= 11 is 9.02. The highest BCUT2D eigenvalue weighted by atomic mass is 79.9. The van der Waals surface area contributed by atoms with Gasteiger partial charge in [0.1, 0.15) is 11.6 Å². The quantitative estimate of drug-likeness (QED) is 0.888. The Kier molecular flexibility index (Phi) is 4.17. The third-order valence-corrected chi connectivity index (χ3v) is 3.12. The van der Waals surface area contributed by atoms with Crippen molar-refractivity contribution in [1.29, 1.82) is 0 Å². The number of aryl methyl sites for hydroxylation is 1. The summed E-state index contributed by atoms with van der Waals surface area (Å²) < 4.78 is 14.3. The van der Waals surface area contributed by atoms with Gasteiger partial charge in [0.05, 0.1) is 5.56 Å². The van der Waals surface area contributed by atoms with E-state index in [1.807, 2.05) is 0 Å². The molecule has 0 aliphatic carbocycles. The van der Waals surface area contributed by atoms with Crippen molar-refractivity contribution in [3.05, 3.63) is 56.9 Å². The lowest BCUT2D eigenvalue weighted by Gasteiger charge is -2.08. The van der Waals surface area contributed by atoms with E-state index in [0.29, 0.717) is 10.8 Å². The van der Waals surface area contributed by atoms with E-state index in [1.165, 1.54) is 12.1 Å². The van der Waals surface area contributed by atoms with Crippen molar-refractivity contribution in [2.75, 3.05) is 5.32 Å². The smallest absolute Gasteiger partial charge is 0.259 e. The Morgan fingerprint density at radius 2 is 2.16 bits per heavy atom. The first-order chi connectivity index (χ1) is 8.97. The summed E-state index contributed by atoms with van der Waals surface area (Å²) in [4.78, 5) is 16.0. The summed E-state index contributed by atoms with van der Waals surface area (Å²) in [5.41, 5.74) is 0.654. The minimum absolute atomic E-state index is 0.114. The monoisotopic (exact) mass is 342 g/mol. The Morgan fingerprint density at radius 3 is 2.84 bits per heavy atom. The normalized spacial score (nSPS) is 10.3. The van der Waals surface area contributed by atoms with Crippen LogP contribution in [0.3, 0.4) is 0 Å². The molecule has 1 aromatic heterocycles. The van der Waals surface area contributed by atoms with Crippen LogP contribution in [0.15, 0.2) is 34.9 Å². The Bertz CT molecular complexity index is 649. The van der Waals surface area contributed by atoms with Crippen LogP contribution < -0.4 is 5.32 Å². The summed E-state index contributed by atoms with van der Waals surface area (Å²) in [6.07, 6.45) is 1.55. The molecule has 0 saturated carbocycles. The lowest BCUT2D eigenvalue weighted by atomic mass is 10.2. The van der Waals surface area contributed by atoms with Gasteiger partial charge in [-0.15, -0.1) is 0 Å². The van der Waals surface area contributed by atoms with Crippen LogP contribution in [0.2, 0.25) is 5.02 Å². The van der Waals surface area contributed by atoms with Crippen LogP contribution in [0, 0.1) is 12.7 Å². The molecule has 6 heteroatoms. The largest absolute Gasteiger partial charge is 0.306 e. The molecule has 0 bridgehead atoms. The zero-order valence-corrected chi connectivity index (χ0v) is 12.2. The van der Waals surface area contributed by atoms with Gasteiger partial charge in [0.25, 0.3) is 5.91 Å². The van der Waals surface area contributed by atoms with Gasteiger partial charge >= 0.3 is 0 Å². The molecular formula is C13H9BrClFN2O. The first-order valence-electron chi connectivity index (χ1n) is 5.36. The molecular weight excluding hydrogens is 335 g/mol. The van der Waals surface area contributed by atoms with E-state index in [9.17, 15) is 9.18 Å². The number of hydrogen-bond donors (Lipinski definition) is 1. The molecule has 1 aromatic carbocycles. The summed E-state index contributed by atoms with van der Waals surface area (Å²) in [5, 5.41) is 2.85. The number of halogens is 3. The molecule has 0 unspecified atom stereocenters. The van der Waals surface area contributed by atoms with Crippen molar-refractivity contribution < 1.29 is 9.18 Å². The lowest BCUT2D eigenvalue weighted by molar-refractivity contribution is 0.102. The first kappa shape index (κ1) is 14.0. The predicted molar refractivity (Wildman–Crippen MR) is 76.0 cm³/mol. The van der Waals surface area contributed by atoms with E-state index < -0.39 is 11.7 Å². The van der Waals surface area contributed by atoms with E-state index in [1.54, 1.807) is 19.2 Å². The van der Waals surface area contributed by atoms with E-state index in [4.69, 9.17) is 11.6 Å². The highest BCUT2D eigenvalue weighted by Gasteiger charge is 2.14. The predicted octanol–water partition coefficient (Wildman–Crippen LogP) is 4.20. The van der Waals surface area contributed by atoms with Crippen molar-refractivity contribution in [2.24, 2.45) is 0 Å². The van der Waals surface area contributed by atoms with Crippen molar-refractivity contribution in [3.63, 3.8) is 0 Å². The third kappa shape index (κ3) is 3.30. The lowest BCUT2D eigenvalue weighted by Crippen LogP contribution is -2.15. The molecule has 0 fully saturated rings. The molecule has 19 heavy (non-hydrogen) atoms. The number of pyridine rings is 1. The fraction of sp³-hybridized carbons (Fsp3) is 0.0769. The van der Waals surface area contributed by atoms with Crippen LogP contribution in [0.4, 0.5) is 10.2 Å². The van der Waals surface area contributed by atoms with E-state index >= 15 is 0 Å². The topological polar surface area (TPSA) is 42.0 Å². The van der Waals surface area contributed by atoms with Crippen LogP contribution in [0.1, 0.15) is 15.9 Å². The van der Waals surface area contributed by atoms with Crippen molar-refractivity contribution in [1.82, 2.24) is 4.98 Å². The number of nitrogens with one attached hydrogen (secondary N) is 1. The van der Waals surface area contributed by atoms with Gasteiger partial charge < -0.3 is 5.32 Å². The number of anilines is 1. The van der Waals surface area contributed by atoms with Crippen LogP contribution >= 0.6 is 27.5 Å². The fourth-order valence-electron chi connectivity index (χ4n) is 1.52. The molecule has 1 amide bonds. The van der Waals surface area contributed by atoms with Gasteiger partial charge in [0, 0.05) is 15.7 Å². The van der Waals surface area contributed by atoms with E-state index in [2.05, 4.69) is 26.2 Å². The highest BCUT2D eigenvalue weighted by molar-refractivity contribution is 9.10. The molecule has 0 saturated heterocycles. The average Bonchev–Trinajstić information content (AvgIpc) is 2.35. The van der Waals surface area contributed by atoms with Gasteiger partial charge in [0.2, 0.25) is 0 Å². The maximum absolute atomic E-state index is 13.5. The van der Waals surface area contributed by atoms with Crippen LogP contribution in [0.25, 0.3) is 0 Å². The van der Waals surface area contributed by atoms with Crippen molar-refractivity contribution >= 4 is 39.3 Å². The van der Waals surface area contributed by atoms with Gasteiger partial charge in [0.15, 0.2) is 0 Å². The number of benzene rings is 1. The third-order valence-electron chi connectivity index (χ3n) is 2.45. The van der Waals surface area contributed by atoms with Crippen LogP contribution in [-0.2, 0) is 0 Å². The number of aromatic nitrogens is 1. The maximum Gasteiger partial charge on any atom is 0.259 e. The number of rotatable bonds is 2. The molecule has 3 nitrogen and oxygen atoms in total. The average molecular weight is 344 g/mol. The zero-order chi connectivity index (χ0) is 14.0. The number of amides is 1. The Balaban J connectivity index is 2.28. The molecule has 1 N–H and O–H groups in total. The minimum atomic E-state index is -0.628. The van der Waals surface area contributed by atoms with Crippen LogP contribution in [-0.4, -0.2) is 10.9 Å². The standard InChI is InChI=1S/C13H9BrClFN2O/c1-7-4-8(14)6-17-12(7)18-13(19)10-5-9(15)2-3-11(10)16/h2-6H,1H3,(H,17,18,19). The number of hydrogen-bond acceptors (Lipinski definition) is 2. The Labute approximate surface area is 122 Å². The summed E-state index contributed by atoms with van der Waals surface area (Å²) in [7, 11) is 0. The summed E-state index contributed by atoms with van der Waals surface area (Å²) in [6.45, 7) is 1.79. The maximum atomic E-state index is 13.5. The second kappa shape index (κ2) is 5.67. The SMILES string of the molecule is Cc1cc(Br)cnc1NC(=O)c1cc(Cl)ccc1F. The summed E-state index contributed by atoms with van der Waals surface area (Å²) in [6, 6.07) is 5.62. The number of carbonyl (C=O) groups excluding carboxylic acids is 1.